The monoisotopic (exact) mass is 341 g/mol. The van der Waals surface area contributed by atoms with Gasteiger partial charge in [-0.05, 0) is 43.5 Å². The summed E-state index contributed by atoms with van der Waals surface area (Å²) in [6.07, 6.45) is 0.0885. The van der Waals surface area contributed by atoms with Gasteiger partial charge in [0.05, 0.1) is 13.5 Å². The Balaban J connectivity index is 2.17. The summed E-state index contributed by atoms with van der Waals surface area (Å²) in [6.45, 7) is 5.72. The third-order valence-corrected chi connectivity index (χ3v) is 3.97. The predicted octanol–water partition coefficient (Wildman–Crippen LogP) is 3.11. The molecule has 0 bridgehead atoms. The summed E-state index contributed by atoms with van der Waals surface area (Å²) in [6, 6.07) is 9.95. The fourth-order valence-corrected chi connectivity index (χ4v) is 2.84. The molecule has 0 heterocycles. The molecule has 2 N–H and O–H groups in total. The number of carbonyl (C=O) groups excluding carboxylic acids is 1. The Kier molecular flexibility index (Phi) is 5.80. The Morgan fingerprint density at radius 1 is 1.08 bits per heavy atom. The smallest absolute Gasteiger partial charge is 0.330 e. The Labute approximate surface area is 147 Å². The van der Waals surface area contributed by atoms with Crippen LogP contribution in [0.25, 0.3) is 0 Å². The first kappa shape index (κ1) is 18.5. The molecule has 0 saturated carbocycles. The number of ether oxygens (including phenoxy) is 1. The van der Waals surface area contributed by atoms with E-state index in [2.05, 4.69) is 5.32 Å². The summed E-state index contributed by atoms with van der Waals surface area (Å²) in [7, 11) is 1.58. The van der Waals surface area contributed by atoms with Crippen molar-refractivity contribution in [3.63, 3.8) is 0 Å². The minimum Gasteiger partial charge on any atom is -0.496 e. The highest BCUT2D eigenvalue weighted by atomic mass is 16.5. The Morgan fingerprint density at radius 3 is 2.28 bits per heavy atom. The van der Waals surface area contributed by atoms with Crippen LogP contribution < -0.4 is 10.1 Å². The molecule has 1 amide bonds. The molecule has 0 aliphatic heterocycles. The molecular weight excluding hydrogens is 318 g/mol. The molecule has 0 aliphatic carbocycles. The van der Waals surface area contributed by atoms with Crippen LogP contribution in [0.1, 0.15) is 33.9 Å². The van der Waals surface area contributed by atoms with E-state index < -0.39 is 12.0 Å². The number of methoxy groups -OCH3 is 1. The third-order valence-electron chi connectivity index (χ3n) is 3.97. The zero-order valence-corrected chi connectivity index (χ0v) is 14.9. The van der Waals surface area contributed by atoms with Gasteiger partial charge in [-0.25, -0.2) is 4.79 Å². The number of carboxylic acids is 1. The number of rotatable bonds is 6. The van der Waals surface area contributed by atoms with Gasteiger partial charge in [-0.1, -0.05) is 41.5 Å². The van der Waals surface area contributed by atoms with Crippen molar-refractivity contribution >= 4 is 11.9 Å². The van der Waals surface area contributed by atoms with Crippen molar-refractivity contribution in [2.45, 2.75) is 33.2 Å². The first-order valence-corrected chi connectivity index (χ1v) is 8.04. The lowest BCUT2D eigenvalue weighted by molar-refractivity contribution is -0.141. The fourth-order valence-electron chi connectivity index (χ4n) is 2.84. The maximum absolute atomic E-state index is 12.3. The lowest BCUT2D eigenvalue weighted by Crippen LogP contribution is -2.34. The number of carboxylic acid groups (broad SMARTS) is 1. The van der Waals surface area contributed by atoms with Crippen molar-refractivity contribution in [1.29, 1.82) is 0 Å². The van der Waals surface area contributed by atoms with Gasteiger partial charge in [0, 0.05) is 0 Å². The highest BCUT2D eigenvalue weighted by molar-refractivity contribution is 5.85. The van der Waals surface area contributed by atoms with Crippen molar-refractivity contribution < 1.29 is 19.4 Å². The fraction of sp³-hybridized carbons (Fsp3) is 0.300. The van der Waals surface area contributed by atoms with E-state index in [-0.39, 0.29) is 12.3 Å². The summed E-state index contributed by atoms with van der Waals surface area (Å²) in [4.78, 5) is 24.0. The number of carbonyl (C=O) groups is 2. The van der Waals surface area contributed by atoms with Gasteiger partial charge >= 0.3 is 5.97 Å². The maximum Gasteiger partial charge on any atom is 0.330 e. The van der Waals surface area contributed by atoms with Crippen LogP contribution in [-0.2, 0) is 16.0 Å². The quantitative estimate of drug-likeness (QED) is 0.846. The van der Waals surface area contributed by atoms with Gasteiger partial charge in [0.1, 0.15) is 5.75 Å². The van der Waals surface area contributed by atoms with Gasteiger partial charge in [0.2, 0.25) is 5.91 Å². The van der Waals surface area contributed by atoms with Crippen LogP contribution in [-0.4, -0.2) is 24.1 Å². The molecule has 0 fully saturated rings. The molecular formula is C20H23NO4. The van der Waals surface area contributed by atoms with Crippen LogP contribution in [0.15, 0.2) is 36.4 Å². The van der Waals surface area contributed by atoms with Gasteiger partial charge in [-0.15, -0.1) is 0 Å². The molecule has 5 nitrogen and oxygen atoms in total. The number of aliphatic carboxylic acids is 1. The lowest BCUT2D eigenvalue weighted by atomic mass is 10.0. The van der Waals surface area contributed by atoms with Crippen molar-refractivity contribution in [1.82, 2.24) is 5.32 Å². The topological polar surface area (TPSA) is 75.6 Å². The highest BCUT2D eigenvalue weighted by Gasteiger charge is 2.22. The first-order chi connectivity index (χ1) is 11.8. The minimum absolute atomic E-state index is 0.0885. The van der Waals surface area contributed by atoms with E-state index in [1.54, 1.807) is 25.3 Å². The molecule has 132 valence electrons. The van der Waals surface area contributed by atoms with E-state index >= 15 is 0 Å². The van der Waals surface area contributed by atoms with Gasteiger partial charge in [-0.3, -0.25) is 4.79 Å². The molecule has 0 spiro atoms. The average Bonchev–Trinajstić information content (AvgIpc) is 2.53. The van der Waals surface area contributed by atoms with Crippen LogP contribution in [0.4, 0.5) is 0 Å². The third kappa shape index (κ3) is 4.83. The van der Waals surface area contributed by atoms with Gasteiger partial charge in [-0.2, -0.15) is 0 Å². The van der Waals surface area contributed by atoms with E-state index in [1.807, 2.05) is 39.0 Å². The first-order valence-electron chi connectivity index (χ1n) is 8.04. The summed E-state index contributed by atoms with van der Waals surface area (Å²) in [5.41, 5.74) is 4.23. The number of benzene rings is 2. The molecule has 25 heavy (non-hydrogen) atoms. The number of amides is 1. The van der Waals surface area contributed by atoms with E-state index in [0.29, 0.717) is 11.3 Å². The van der Waals surface area contributed by atoms with E-state index in [4.69, 9.17) is 4.74 Å². The second-order valence-electron chi connectivity index (χ2n) is 6.24. The minimum atomic E-state index is -1.08. The van der Waals surface area contributed by atoms with Crippen LogP contribution in [0.3, 0.4) is 0 Å². The second kappa shape index (κ2) is 7.83. The second-order valence-corrected chi connectivity index (χ2v) is 6.24. The van der Waals surface area contributed by atoms with Crippen LogP contribution in [0.5, 0.6) is 5.75 Å². The summed E-state index contributed by atoms with van der Waals surface area (Å²) in [5, 5.41) is 12.1. The maximum atomic E-state index is 12.3. The van der Waals surface area contributed by atoms with Crippen molar-refractivity contribution in [3.05, 3.63) is 64.2 Å². The normalized spacial score (nSPS) is 11.7. The van der Waals surface area contributed by atoms with Crippen molar-refractivity contribution in [2.24, 2.45) is 0 Å². The summed E-state index contributed by atoms with van der Waals surface area (Å²) < 4.78 is 5.26. The highest BCUT2D eigenvalue weighted by Crippen LogP contribution is 2.20. The average molecular weight is 341 g/mol. The van der Waals surface area contributed by atoms with Gasteiger partial charge < -0.3 is 15.2 Å². The summed E-state index contributed by atoms with van der Waals surface area (Å²) in [5.74, 6) is -0.730. The Hall–Kier alpha value is -2.82. The molecule has 0 radical (unpaired) electrons. The van der Waals surface area contributed by atoms with E-state index in [0.717, 1.165) is 22.3 Å². The van der Waals surface area contributed by atoms with Crippen LogP contribution in [0.2, 0.25) is 0 Å². The molecule has 2 aromatic rings. The van der Waals surface area contributed by atoms with Crippen molar-refractivity contribution in [3.8, 4) is 5.75 Å². The number of nitrogens with one attached hydrogen (secondary N) is 1. The Bertz CT molecular complexity index is 778. The van der Waals surface area contributed by atoms with Crippen molar-refractivity contribution in [2.75, 3.05) is 7.11 Å². The number of hydrogen-bond acceptors (Lipinski definition) is 3. The van der Waals surface area contributed by atoms with Gasteiger partial charge in [0.25, 0.3) is 0 Å². The standard InChI is InChI=1S/C20H23NO4/c1-12-7-13(2)9-16(8-12)19(20(23)24)21-18(22)11-15-6-5-14(3)17(10-15)25-4/h5-10,19H,11H2,1-4H3,(H,21,22)(H,23,24). The molecule has 2 rings (SSSR count). The SMILES string of the molecule is COc1cc(CC(=O)NC(C(=O)O)c2cc(C)cc(C)c2)ccc1C. The van der Waals surface area contributed by atoms with Crippen LogP contribution in [0, 0.1) is 20.8 Å². The largest absolute Gasteiger partial charge is 0.496 e. The molecule has 0 aliphatic rings. The van der Waals surface area contributed by atoms with E-state index in [9.17, 15) is 14.7 Å². The number of hydrogen-bond donors (Lipinski definition) is 2. The molecule has 0 aromatic heterocycles. The molecule has 1 unspecified atom stereocenters. The molecule has 5 heteroatoms. The van der Waals surface area contributed by atoms with Gasteiger partial charge in [0.15, 0.2) is 6.04 Å². The number of aryl methyl sites for hydroxylation is 3. The zero-order chi connectivity index (χ0) is 18.6. The summed E-state index contributed by atoms with van der Waals surface area (Å²) >= 11 is 0. The molecule has 2 aromatic carbocycles. The Morgan fingerprint density at radius 2 is 1.72 bits per heavy atom. The molecule has 1 atom stereocenters. The predicted molar refractivity (Wildman–Crippen MR) is 95.9 cm³/mol. The zero-order valence-electron chi connectivity index (χ0n) is 14.9. The van der Waals surface area contributed by atoms with E-state index in [1.165, 1.54) is 0 Å². The molecule has 0 saturated heterocycles. The van der Waals surface area contributed by atoms with Crippen LogP contribution >= 0.6 is 0 Å². The lowest BCUT2D eigenvalue weighted by Gasteiger charge is -2.16.